The number of ether oxygens (including phenoxy) is 1. The van der Waals surface area contributed by atoms with E-state index >= 15 is 0 Å². The van der Waals surface area contributed by atoms with Gasteiger partial charge in [0.1, 0.15) is 11.6 Å². The normalized spacial score (nSPS) is 10.1. The average Bonchev–Trinajstić information content (AvgIpc) is 2.43. The fourth-order valence-corrected chi connectivity index (χ4v) is 1.78. The van der Waals surface area contributed by atoms with Crippen LogP contribution in [0.1, 0.15) is 15.9 Å². The highest BCUT2D eigenvalue weighted by atomic mass is 79.9. The molecule has 2 rings (SSSR count). The molecule has 5 heteroatoms. The summed E-state index contributed by atoms with van der Waals surface area (Å²) in [6.07, 6.45) is 1.66. The Morgan fingerprint density at radius 2 is 2.16 bits per heavy atom. The monoisotopic (exact) mass is 320 g/mol. The van der Waals surface area contributed by atoms with Gasteiger partial charge in [-0.15, -0.1) is 0 Å². The van der Waals surface area contributed by atoms with E-state index in [2.05, 4.69) is 26.2 Å². The summed E-state index contributed by atoms with van der Waals surface area (Å²) in [7, 11) is 1.57. The first kappa shape index (κ1) is 13.5. The molecule has 1 heterocycles. The van der Waals surface area contributed by atoms with Gasteiger partial charge in [-0.05, 0) is 52.7 Å². The highest BCUT2D eigenvalue weighted by molar-refractivity contribution is 9.10. The van der Waals surface area contributed by atoms with Crippen LogP contribution in [0.15, 0.2) is 41.0 Å². The summed E-state index contributed by atoms with van der Waals surface area (Å²) < 4.78 is 6.00. The maximum Gasteiger partial charge on any atom is 0.256 e. The van der Waals surface area contributed by atoms with Gasteiger partial charge in [-0.1, -0.05) is 6.07 Å². The molecule has 4 nitrogen and oxygen atoms in total. The van der Waals surface area contributed by atoms with E-state index in [1.165, 1.54) is 0 Å². The van der Waals surface area contributed by atoms with Crippen molar-refractivity contribution in [2.24, 2.45) is 0 Å². The summed E-state index contributed by atoms with van der Waals surface area (Å²) in [5.74, 6) is 0.953. The van der Waals surface area contributed by atoms with Gasteiger partial charge in [-0.3, -0.25) is 4.79 Å². The van der Waals surface area contributed by atoms with Crippen molar-refractivity contribution in [3.63, 3.8) is 0 Å². The SMILES string of the molecule is COc1cccc(C(=O)Nc2cc(C)c(Br)cn2)c1. The maximum atomic E-state index is 12.1. The van der Waals surface area contributed by atoms with Crippen molar-refractivity contribution in [2.45, 2.75) is 6.92 Å². The number of methoxy groups -OCH3 is 1. The predicted octanol–water partition coefficient (Wildman–Crippen LogP) is 3.41. The summed E-state index contributed by atoms with van der Waals surface area (Å²) in [5, 5.41) is 2.75. The van der Waals surface area contributed by atoms with Gasteiger partial charge in [-0.25, -0.2) is 4.98 Å². The molecule has 1 aromatic heterocycles. The van der Waals surface area contributed by atoms with Crippen LogP contribution < -0.4 is 10.1 Å². The van der Waals surface area contributed by atoms with Crippen LogP contribution in [-0.4, -0.2) is 18.0 Å². The number of halogens is 1. The number of aromatic nitrogens is 1. The molecule has 0 radical (unpaired) electrons. The first-order valence-electron chi connectivity index (χ1n) is 5.67. The molecule has 0 aliphatic rings. The molecule has 0 unspecified atom stereocenters. The fraction of sp³-hybridized carbons (Fsp3) is 0.143. The van der Waals surface area contributed by atoms with Crippen LogP contribution in [-0.2, 0) is 0 Å². The number of hydrogen-bond donors (Lipinski definition) is 1. The van der Waals surface area contributed by atoms with Crippen LogP contribution in [0.2, 0.25) is 0 Å². The third kappa shape index (κ3) is 3.32. The molecule has 0 aliphatic carbocycles. The number of carbonyl (C=O) groups excluding carboxylic acids is 1. The Labute approximate surface area is 119 Å². The quantitative estimate of drug-likeness (QED) is 0.942. The number of hydrogen-bond acceptors (Lipinski definition) is 3. The van der Waals surface area contributed by atoms with Crippen LogP contribution in [0.25, 0.3) is 0 Å². The van der Waals surface area contributed by atoms with Crippen LogP contribution in [0, 0.1) is 6.92 Å². The molecule has 1 aromatic carbocycles. The number of nitrogens with zero attached hydrogens (tertiary/aromatic N) is 1. The Kier molecular flexibility index (Phi) is 4.16. The molecule has 0 bridgehead atoms. The summed E-state index contributed by atoms with van der Waals surface area (Å²) in [5.41, 5.74) is 1.54. The lowest BCUT2D eigenvalue weighted by Crippen LogP contribution is -2.13. The van der Waals surface area contributed by atoms with E-state index in [1.54, 1.807) is 37.6 Å². The number of pyridine rings is 1. The number of benzene rings is 1. The number of nitrogens with one attached hydrogen (secondary N) is 1. The van der Waals surface area contributed by atoms with Gasteiger partial charge in [0.05, 0.1) is 7.11 Å². The lowest BCUT2D eigenvalue weighted by Gasteiger charge is -2.07. The molecule has 19 heavy (non-hydrogen) atoms. The minimum Gasteiger partial charge on any atom is -0.497 e. The Bertz CT molecular complexity index is 614. The van der Waals surface area contributed by atoms with Crippen LogP contribution >= 0.6 is 15.9 Å². The molecular weight excluding hydrogens is 308 g/mol. The second-order valence-corrected chi connectivity index (χ2v) is 4.86. The Morgan fingerprint density at radius 1 is 1.37 bits per heavy atom. The van der Waals surface area contributed by atoms with Crippen molar-refractivity contribution in [3.8, 4) is 5.75 Å². The lowest BCUT2D eigenvalue weighted by molar-refractivity contribution is 0.102. The van der Waals surface area contributed by atoms with E-state index in [4.69, 9.17) is 4.74 Å². The number of rotatable bonds is 3. The molecule has 0 atom stereocenters. The second kappa shape index (κ2) is 5.84. The topological polar surface area (TPSA) is 51.2 Å². The van der Waals surface area contributed by atoms with Gasteiger partial charge in [-0.2, -0.15) is 0 Å². The van der Waals surface area contributed by atoms with Gasteiger partial charge in [0.2, 0.25) is 0 Å². The van der Waals surface area contributed by atoms with E-state index in [-0.39, 0.29) is 5.91 Å². The molecule has 2 aromatic rings. The lowest BCUT2D eigenvalue weighted by atomic mass is 10.2. The van der Waals surface area contributed by atoms with Gasteiger partial charge in [0.15, 0.2) is 0 Å². The van der Waals surface area contributed by atoms with E-state index < -0.39 is 0 Å². The molecule has 98 valence electrons. The molecular formula is C14H13BrN2O2. The van der Waals surface area contributed by atoms with Crippen molar-refractivity contribution in [3.05, 3.63) is 52.1 Å². The molecule has 0 fully saturated rings. The number of amides is 1. The van der Waals surface area contributed by atoms with Crippen molar-refractivity contribution < 1.29 is 9.53 Å². The van der Waals surface area contributed by atoms with E-state index in [0.717, 1.165) is 10.0 Å². The van der Waals surface area contributed by atoms with Crippen LogP contribution in [0.5, 0.6) is 5.75 Å². The zero-order valence-corrected chi connectivity index (χ0v) is 12.2. The van der Waals surface area contributed by atoms with Gasteiger partial charge < -0.3 is 10.1 Å². The van der Waals surface area contributed by atoms with Gasteiger partial charge >= 0.3 is 0 Å². The van der Waals surface area contributed by atoms with Gasteiger partial charge in [0, 0.05) is 16.2 Å². The van der Waals surface area contributed by atoms with Gasteiger partial charge in [0.25, 0.3) is 5.91 Å². The van der Waals surface area contributed by atoms with E-state index in [1.807, 2.05) is 13.0 Å². The van der Waals surface area contributed by atoms with Crippen LogP contribution in [0.4, 0.5) is 5.82 Å². The third-order valence-corrected chi connectivity index (χ3v) is 3.45. The summed E-state index contributed by atoms with van der Waals surface area (Å²) >= 11 is 3.37. The fourth-order valence-electron chi connectivity index (χ4n) is 1.56. The smallest absolute Gasteiger partial charge is 0.256 e. The molecule has 0 saturated carbocycles. The van der Waals surface area contributed by atoms with Crippen molar-refractivity contribution in [2.75, 3.05) is 12.4 Å². The molecule has 0 spiro atoms. The van der Waals surface area contributed by atoms with Crippen molar-refractivity contribution in [1.82, 2.24) is 4.98 Å². The minimum absolute atomic E-state index is 0.215. The number of carbonyl (C=O) groups is 1. The number of aryl methyl sites for hydroxylation is 1. The average molecular weight is 321 g/mol. The maximum absolute atomic E-state index is 12.1. The van der Waals surface area contributed by atoms with E-state index in [9.17, 15) is 4.79 Å². The minimum atomic E-state index is -0.215. The first-order chi connectivity index (χ1) is 9.10. The first-order valence-corrected chi connectivity index (χ1v) is 6.47. The molecule has 0 aliphatic heterocycles. The van der Waals surface area contributed by atoms with Crippen molar-refractivity contribution >= 4 is 27.7 Å². The zero-order chi connectivity index (χ0) is 13.8. The third-order valence-electron chi connectivity index (χ3n) is 2.62. The molecule has 1 amide bonds. The summed E-state index contributed by atoms with van der Waals surface area (Å²) in [6, 6.07) is 8.78. The summed E-state index contributed by atoms with van der Waals surface area (Å²) in [6.45, 7) is 1.94. The summed E-state index contributed by atoms with van der Waals surface area (Å²) in [4.78, 5) is 16.2. The Hall–Kier alpha value is -1.88. The predicted molar refractivity (Wildman–Crippen MR) is 77.6 cm³/mol. The zero-order valence-electron chi connectivity index (χ0n) is 10.6. The second-order valence-electron chi connectivity index (χ2n) is 4.00. The Balaban J connectivity index is 2.18. The van der Waals surface area contributed by atoms with Crippen LogP contribution in [0.3, 0.4) is 0 Å². The number of anilines is 1. The van der Waals surface area contributed by atoms with E-state index in [0.29, 0.717) is 17.1 Å². The Morgan fingerprint density at radius 3 is 2.84 bits per heavy atom. The highest BCUT2D eigenvalue weighted by Crippen LogP contribution is 2.18. The largest absolute Gasteiger partial charge is 0.497 e. The van der Waals surface area contributed by atoms with Crippen molar-refractivity contribution in [1.29, 1.82) is 0 Å². The standard InChI is InChI=1S/C14H13BrN2O2/c1-9-6-13(16-8-12(9)15)17-14(18)10-4-3-5-11(7-10)19-2/h3-8H,1-2H3,(H,16,17,18). The molecule has 1 N–H and O–H groups in total. The molecule has 0 saturated heterocycles. The highest BCUT2D eigenvalue weighted by Gasteiger charge is 2.08.